The second kappa shape index (κ2) is 4.77. The molecule has 4 rings (SSSR count). The third-order valence-corrected chi connectivity index (χ3v) is 4.54. The van der Waals surface area contributed by atoms with Gasteiger partial charge in [0.15, 0.2) is 5.78 Å². The Hall–Kier alpha value is -2.49. The number of aromatic nitrogens is 1. The van der Waals surface area contributed by atoms with Crippen molar-refractivity contribution in [2.75, 3.05) is 0 Å². The van der Waals surface area contributed by atoms with E-state index in [2.05, 4.69) is 4.98 Å². The van der Waals surface area contributed by atoms with Crippen molar-refractivity contribution >= 4 is 11.7 Å². The molecule has 0 spiro atoms. The standard InChI is InChI=1S/C18H16N2O2/c1-11-7-12-9-20(10-13(12)8-19-11)18(22)16-4-2-3-15-14(16)5-6-17(15)21/h2-4,7-8H,5-6,9-10H2,1H3. The molecule has 22 heavy (non-hydrogen) atoms. The molecule has 0 radical (unpaired) electrons. The Kier molecular flexibility index (Phi) is 2.86. The molecule has 0 bridgehead atoms. The summed E-state index contributed by atoms with van der Waals surface area (Å²) in [6, 6.07) is 7.52. The normalized spacial score (nSPS) is 15.9. The number of benzene rings is 1. The van der Waals surface area contributed by atoms with Crippen LogP contribution in [0.15, 0.2) is 30.5 Å². The molecule has 2 aromatic rings. The minimum absolute atomic E-state index is 0.0143. The number of amides is 1. The molecular formula is C18H16N2O2. The van der Waals surface area contributed by atoms with Crippen molar-refractivity contribution in [1.82, 2.24) is 9.88 Å². The van der Waals surface area contributed by atoms with E-state index in [1.165, 1.54) is 5.56 Å². The van der Waals surface area contributed by atoms with Crippen molar-refractivity contribution in [1.29, 1.82) is 0 Å². The molecule has 110 valence electrons. The van der Waals surface area contributed by atoms with Crippen LogP contribution in [-0.4, -0.2) is 21.6 Å². The highest BCUT2D eigenvalue weighted by atomic mass is 16.2. The van der Waals surface area contributed by atoms with Crippen LogP contribution in [0.4, 0.5) is 0 Å². The van der Waals surface area contributed by atoms with Crippen molar-refractivity contribution in [3.63, 3.8) is 0 Å². The summed E-state index contributed by atoms with van der Waals surface area (Å²) in [5.41, 5.74) is 5.58. The number of fused-ring (bicyclic) bond motifs is 2. The van der Waals surface area contributed by atoms with Gasteiger partial charge in [-0.25, -0.2) is 0 Å². The van der Waals surface area contributed by atoms with Crippen LogP contribution in [0, 0.1) is 6.92 Å². The number of carbonyl (C=O) groups excluding carboxylic acids is 2. The molecule has 0 fully saturated rings. The number of aryl methyl sites for hydroxylation is 1. The van der Waals surface area contributed by atoms with E-state index in [1.54, 1.807) is 0 Å². The summed E-state index contributed by atoms with van der Waals surface area (Å²) in [6.07, 6.45) is 3.05. The topological polar surface area (TPSA) is 50.3 Å². The molecule has 0 unspecified atom stereocenters. The van der Waals surface area contributed by atoms with E-state index in [0.717, 1.165) is 22.4 Å². The molecule has 1 amide bonds. The molecule has 2 heterocycles. The fourth-order valence-electron chi connectivity index (χ4n) is 3.41. The Labute approximate surface area is 128 Å². The first-order valence-corrected chi connectivity index (χ1v) is 7.52. The van der Waals surface area contributed by atoms with Crippen LogP contribution >= 0.6 is 0 Å². The Balaban J connectivity index is 1.66. The zero-order valence-electron chi connectivity index (χ0n) is 12.4. The van der Waals surface area contributed by atoms with Gasteiger partial charge in [-0.2, -0.15) is 0 Å². The van der Waals surface area contributed by atoms with Crippen molar-refractivity contribution < 1.29 is 9.59 Å². The fourth-order valence-corrected chi connectivity index (χ4v) is 3.41. The molecule has 0 N–H and O–H groups in total. The van der Waals surface area contributed by atoms with Crippen LogP contribution in [0.3, 0.4) is 0 Å². The first-order chi connectivity index (χ1) is 10.6. The molecular weight excluding hydrogens is 276 g/mol. The Bertz CT molecular complexity index is 811. The van der Waals surface area contributed by atoms with Gasteiger partial charge < -0.3 is 4.90 Å². The highest BCUT2D eigenvalue weighted by Gasteiger charge is 2.29. The molecule has 0 saturated carbocycles. The lowest BCUT2D eigenvalue weighted by atomic mass is 10.0. The van der Waals surface area contributed by atoms with E-state index < -0.39 is 0 Å². The van der Waals surface area contributed by atoms with Gasteiger partial charge in [-0.05, 0) is 42.2 Å². The van der Waals surface area contributed by atoms with Crippen molar-refractivity contribution in [2.24, 2.45) is 0 Å². The molecule has 1 aliphatic heterocycles. The smallest absolute Gasteiger partial charge is 0.254 e. The van der Waals surface area contributed by atoms with Crippen molar-refractivity contribution in [3.05, 3.63) is 64.0 Å². The number of hydrogen-bond donors (Lipinski definition) is 0. The zero-order chi connectivity index (χ0) is 15.3. The lowest BCUT2D eigenvalue weighted by Crippen LogP contribution is -2.26. The van der Waals surface area contributed by atoms with Gasteiger partial charge in [0.25, 0.3) is 5.91 Å². The van der Waals surface area contributed by atoms with Gasteiger partial charge in [0.05, 0.1) is 0 Å². The van der Waals surface area contributed by atoms with Crippen molar-refractivity contribution in [3.8, 4) is 0 Å². The maximum Gasteiger partial charge on any atom is 0.254 e. The second-order valence-corrected chi connectivity index (χ2v) is 6.01. The van der Waals surface area contributed by atoms with E-state index in [0.29, 0.717) is 31.5 Å². The van der Waals surface area contributed by atoms with Crippen LogP contribution < -0.4 is 0 Å². The number of nitrogens with zero attached hydrogens (tertiary/aromatic N) is 2. The number of ketones is 1. The largest absolute Gasteiger partial charge is 0.330 e. The van der Waals surface area contributed by atoms with Gasteiger partial charge in [0.1, 0.15) is 0 Å². The summed E-state index contributed by atoms with van der Waals surface area (Å²) in [4.78, 5) is 30.8. The van der Waals surface area contributed by atoms with Crippen LogP contribution in [-0.2, 0) is 19.5 Å². The minimum Gasteiger partial charge on any atom is -0.330 e. The van der Waals surface area contributed by atoms with E-state index in [4.69, 9.17) is 0 Å². The number of hydrogen-bond acceptors (Lipinski definition) is 3. The molecule has 4 heteroatoms. The van der Waals surface area contributed by atoms with Gasteiger partial charge in [-0.15, -0.1) is 0 Å². The molecule has 1 aromatic heterocycles. The summed E-state index contributed by atoms with van der Waals surface area (Å²) in [5.74, 6) is 0.162. The third-order valence-electron chi connectivity index (χ3n) is 4.54. The summed E-state index contributed by atoms with van der Waals surface area (Å²) < 4.78 is 0. The highest BCUT2D eigenvalue weighted by Crippen LogP contribution is 2.29. The quantitative estimate of drug-likeness (QED) is 0.812. The molecule has 0 atom stereocenters. The minimum atomic E-state index is 0.0143. The predicted octanol–water partition coefficient (Wildman–Crippen LogP) is 2.67. The zero-order valence-corrected chi connectivity index (χ0v) is 12.4. The maximum atomic E-state index is 12.9. The molecule has 1 aliphatic carbocycles. The van der Waals surface area contributed by atoms with Crippen LogP contribution in [0.25, 0.3) is 0 Å². The summed E-state index contributed by atoms with van der Waals surface area (Å²) in [5, 5.41) is 0. The summed E-state index contributed by atoms with van der Waals surface area (Å²) in [7, 11) is 0. The first-order valence-electron chi connectivity index (χ1n) is 7.52. The Morgan fingerprint density at radius 2 is 2.00 bits per heavy atom. The van der Waals surface area contributed by atoms with Gasteiger partial charge in [-0.1, -0.05) is 12.1 Å². The number of rotatable bonds is 1. The van der Waals surface area contributed by atoms with Gasteiger partial charge in [-0.3, -0.25) is 14.6 Å². The van der Waals surface area contributed by atoms with Gasteiger partial charge in [0.2, 0.25) is 0 Å². The number of Topliss-reactive ketones (excluding diaryl/α,β-unsaturated/α-hetero) is 1. The molecule has 2 aliphatic rings. The monoisotopic (exact) mass is 292 g/mol. The van der Waals surface area contributed by atoms with Crippen LogP contribution in [0.5, 0.6) is 0 Å². The fraction of sp³-hybridized carbons (Fsp3) is 0.278. The predicted molar refractivity (Wildman–Crippen MR) is 81.6 cm³/mol. The van der Waals surface area contributed by atoms with Crippen molar-refractivity contribution in [2.45, 2.75) is 32.9 Å². The molecule has 4 nitrogen and oxygen atoms in total. The summed E-state index contributed by atoms with van der Waals surface area (Å²) >= 11 is 0. The second-order valence-electron chi connectivity index (χ2n) is 6.01. The molecule has 0 saturated heterocycles. The number of carbonyl (C=O) groups is 2. The van der Waals surface area contributed by atoms with Crippen LogP contribution in [0.1, 0.15) is 49.5 Å². The van der Waals surface area contributed by atoms with Gasteiger partial charge in [0, 0.05) is 42.5 Å². The lowest BCUT2D eigenvalue weighted by Gasteiger charge is -2.17. The Morgan fingerprint density at radius 1 is 1.18 bits per heavy atom. The average molecular weight is 292 g/mol. The SMILES string of the molecule is Cc1cc2c(cn1)CN(C(=O)c1cccc3c1CCC3=O)C2. The highest BCUT2D eigenvalue weighted by molar-refractivity contribution is 6.05. The van der Waals surface area contributed by atoms with Crippen LogP contribution in [0.2, 0.25) is 0 Å². The van der Waals surface area contributed by atoms with E-state index in [9.17, 15) is 9.59 Å². The summed E-state index contributed by atoms with van der Waals surface area (Å²) in [6.45, 7) is 3.18. The van der Waals surface area contributed by atoms with Gasteiger partial charge >= 0.3 is 0 Å². The van der Waals surface area contributed by atoms with E-state index in [-0.39, 0.29) is 11.7 Å². The number of pyridine rings is 1. The third kappa shape index (κ3) is 1.95. The van der Waals surface area contributed by atoms with E-state index in [1.807, 2.05) is 42.3 Å². The maximum absolute atomic E-state index is 12.9. The average Bonchev–Trinajstić information content (AvgIpc) is 3.10. The lowest BCUT2D eigenvalue weighted by molar-refractivity contribution is 0.0750. The molecule has 1 aromatic carbocycles. The van der Waals surface area contributed by atoms with E-state index >= 15 is 0 Å². The first kappa shape index (κ1) is 13.2. The Morgan fingerprint density at radius 3 is 2.86 bits per heavy atom.